The zero-order valence-electron chi connectivity index (χ0n) is 11.5. The van der Waals surface area contributed by atoms with Gasteiger partial charge in [0.15, 0.2) is 0 Å². The van der Waals surface area contributed by atoms with Crippen LogP contribution in [0.1, 0.15) is 30.9 Å². The molecule has 0 radical (unpaired) electrons. The van der Waals surface area contributed by atoms with E-state index in [4.69, 9.17) is 5.73 Å². The van der Waals surface area contributed by atoms with Crippen molar-refractivity contribution in [3.63, 3.8) is 0 Å². The molecular weight excluding hydrogens is 246 g/mol. The Labute approximate surface area is 119 Å². The minimum absolute atomic E-state index is 0.292. The molecule has 0 bridgehead atoms. The maximum absolute atomic E-state index is 6.41. The molecule has 4 unspecified atom stereocenters. The Bertz CT molecular complexity index is 619. The van der Waals surface area contributed by atoms with Crippen molar-refractivity contribution >= 4 is 10.8 Å². The Kier molecular flexibility index (Phi) is 2.99. The van der Waals surface area contributed by atoms with Crippen LogP contribution in [0.25, 0.3) is 10.8 Å². The molecule has 4 rings (SSSR count). The standard InChI is InChI=1S/C17H21N3/c18-14-9-4-10-15-16(14)17(20-19-15)13-8-3-6-11-5-1-2-7-12(11)13/h1-3,5-8,14-17,19-20H,4,9-10,18H2. The van der Waals surface area contributed by atoms with Crippen molar-refractivity contribution in [3.8, 4) is 0 Å². The van der Waals surface area contributed by atoms with Crippen molar-refractivity contribution in [2.24, 2.45) is 11.7 Å². The van der Waals surface area contributed by atoms with E-state index in [1.54, 1.807) is 0 Å². The Morgan fingerprint density at radius 1 is 0.950 bits per heavy atom. The first-order valence-corrected chi connectivity index (χ1v) is 7.59. The molecule has 1 saturated heterocycles. The zero-order valence-corrected chi connectivity index (χ0v) is 11.5. The molecular formula is C17H21N3. The highest BCUT2D eigenvalue weighted by Crippen LogP contribution is 2.39. The van der Waals surface area contributed by atoms with Gasteiger partial charge in [0.05, 0.1) is 6.04 Å². The number of fused-ring (bicyclic) bond motifs is 2. The van der Waals surface area contributed by atoms with Gasteiger partial charge in [-0.2, -0.15) is 0 Å². The van der Waals surface area contributed by atoms with Gasteiger partial charge in [0.2, 0.25) is 0 Å². The van der Waals surface area contributed by atoms with E-state index >= 15 is 0 Å². The smallest absolute Gasteiger partial charge is 0.0526 e. The molecule has 2 fully saturated rings. The van der Waals surface area contributed by atoms with E-state index in [1.165, 1.54) is 29.2 Å². The van der Waals surface area contributed by atoms with Crippen molar-refractivity contribution < 1.29 is 0 Å². The normalized spacial score (nSPS) is 33.2. The highest BCUT2D eigenvalue weighted by molar-refractivity contribution is 5.86. The van der Waals surface area contributed by atoms with Crippen molar-refractivity contribution in [2.45, 2.75) is 37.4 Å². The lowest BCUT2D eigenvalue weighted by atomic mass is 9.76. The third kappa shape index (κ3) is 1.85. The molecule has 104 valence electrons. The van der Waals surface area contributed by atoms with Crippen molar-refractivity contribution in [2.75, 3.05) is 0 Å². The number of benzene rings is 2. The average Bonchev–Trinajstić information content (AvgIpc) is 2.92. The topological polar surface area (TPSA) is 50.1 Å². The zero-order chi connectivity index (χ0) is 13.5. The van der Waals surface area contributed by atoms with Crippen molar-refractivity contribution in [3.05, 3.63) is 48.0 Å². The van der Waals surface area contributed by atoms with E-state index in [1.807, 2.05) is 0 Å². The average molecular weight is 267 g/mol. The lowest BCUT2D eigenvalue weighted by Gasteiger charge is -2.33. The Balaban J connectivity index is 1.79. The van der Waals surface area contributed by atoms with Gasteiger partial charge in [-0.15, -0.1) is 0 Å². The molecule has 2 aromatic carbocycles. The summed E-state index contributed by atoms with van der Waals surface area (Å²) in [6.07, 6.45) is 3.61. The Hall–Kier alpha value is -1.42. The van der Waals surface area contributed by atoms with Crippen molar-refractivity contribution in [1.29, 1.82) is 0 Å². The molecule has 0 amide bonds. The summed E-state index contributed by atoms with van der Waals surface area (Å²) >= 11 is 0. The Morgan fingerprint density at radius 2 is 1.80 bits per heavy atom. The molecule has 4 atom stereocenters. The summed E-state index contributed by atoms with van der Waals surface area (Å²) < 4.78 is 0. The number of nitrogens with two attached hydrogens (primary N) is 1. The summed E-state index contributed by atoms with van der Waals surface area (Å²) in [7, 11) is 0. The predicted molar refractivity (Wildman–Crippen MR) is 82.1 cm³/mol. The van der Waals surface area contributed by atoms with Crippen LogP contribution < -0.4 is 16.6 Å². The SMILES string of the molecule is NC1CCCC2NNC(c3cccc4ccccc34)C12. The van der Waals surface area contributed by atoms with Crippen LogP contribution in [0.4, 0.5) is 0 Å². The van der Waals surface area contributed by atoms with E-state index < -0.39 is 0 Å². The van der Waals surface area contributed by atoms with Crippen molar-refractivity contribution in [1.82, 2.24) is 10.9 Å². The van der Waals surface area contributed by atoms with Gasteiger partial charge in [-0.3, -0.25) is 5.43 Å². The van der Waals surface area contributed by atoms with Gasteiger partial charge in [-0.25, -0.2) is 5.43 Å². The predicted octanol–water partition coefficient (Wildman–Crippen LogP) is 2.48. The van der Waals surface area contributed by atoms with Gasteiger partial charge in [-0.1, -0.05) is 48.9 Å². The minimum atomic E-state index is 0.292. The van der Waals surface area contributed by atoms with Crippen LogP contribution in [0.2, 0.25) is 0 Å². The summed E-state index contributed by atoms with van der Waals surface area (Å²) in [6, 6.07) is 16.3. The lowest BCUT2D eigenvalue weighted by molar-refractivity contribution is 0.266. The van der Waals surface area contributed by atoms with Gasteiger partial charge in [-0.05, 0) is 29.2 Å². The molecule has 1 aliphatic heterocycles. The van der Waals surface area contributed by atoms with E-state index in [-0.39, 0.29) is 0 Å². The molecule has 1 saturated carbocycles. The summed E-state index contributed by atoms with van der Waals surface area (Å²) in [5, 5.41) is 2.65. The van der Waals surface area contributed by atoms with Gasteiger partial charge >= 0.3 is 0 Å². The first-order valence-electron chi connectivity index (χ1n) is 7.59. The molecule has 0 aromatic heterocycles. The number of rotatable bonds is 1. The van der Waals surface area contributed by atoms with Crippen LogP contribution >= 0.6 is 0 Å². The minimum Gasteiger partial charge on any atom is -0.327 e. The maximum Gasteiger partial charge on any atom is 0.0526 e. The summed E-state index contributed by atoms with van der Waals surface area (Å²) in [5.41, 5.74) is 14.8. The number of hydrogen-bond donors (Lipinski definition) is 3. The Morgan fingerprint density at radius 3 is 2.75 bits per heavy atom. The summed E-state index contributed by atoms with van der Waals surface area (Å²) in [6.45, 7) is 0. The summed E-state index contributed by atoms with van der Waals surface area (Å²) in [4.78, 5) is 0. The number of nitrogens with one attached hydrogen (secondary N) is 2. The largest absolute Gasteiger partial charge is 0.327 e. The fraction of sp³-hybridized carbons (Fsp3) is 0.412. The fourth-order valence-electron chi connectivity index (χ4n) is 4.00. The fourth-order valence-corrected chi connectivity index (χ4v) is 4.00. The van der Waals surface area contributed by atoms with Gasteiger partial charge in [0.25, 0.3) is 0 Å². The van der Waals surface area contributed by atoms with E-state index in [2.05, 4.69) is 53.3 Å². The third-order valence-electron chi connectivity index (χ3n) is 4.98. The van der Waals surface area contributed by atoms with Crippen LogP contribution in [0.15, 0.2) is 42.5 Å². The van der Waals surface area contributed by atoms with Gasteiger partial charge in [0, 0.05) is 18.0 Å². The van der Waals surface area contributed by atoms with Gasteiger partial charge < -0.3 is 5.73 Å². The molecule has 0 spiro atoms. The highest BCUT2D eigenvalue weighted by atomic mass is 15.4. The second-order valence-electron chi connectivity index (χ2n) is 6.11. The van der Waals surface area contributed by atoms with E-state index in [9.17, 15) is 0 Å². The quantitative estimate of drug-likeness (QED) is 0.744. The second kappa shape index (κ2) is 4.85. The first-order chi connectivity index (χ1) is 9.84. The molecule has 3 nitrogen and oxygen atoms in total. The van der Waals surface area contributed by atoms with E-state index in [0.717, 1.165) is 6.42 Å². The van der Waals surface area contributed by atoms with Crippen LogP contribution in [-0.2, 0) is 0 Å². The molecule has 2 aromatic rings. The molecule has 2 aliphatic rings. The molecule has 1 heterocycles. The van der Waals surface area contributed by atoms with Crippen LogP contribution in [-0.4, -0.2) is 12.1 Å². The van der Waals surface area contributed by atoms with Crippen LogP contribution in [0, 0.1) is 5.92 Å². The van der Waals surface area contributed by atoms with Crippen LogP contribution in [0.3, 0.4) is 0 Å². The molecule has 4 N–H and O–H groups in total. The first kappa shape index (κ1) is 12.3. The summed E-state index contributed by atoms with van der Waals surface area (Å²) in [5.74, 6) is 0.495. The van der Waals surface area contributed by atoms with Crippen LogP contribution in [0.5, 0.6) is 0 Å². The lowest BCUT2D eigenvalue weighted by Crippen LogP contribution is -2.43. The molecule has 20 heavy (non-hydrogen) atoms. The monoisotopic (exact) mass is 267 g/mol. The highest BCUT2D eigenvalue weighted by Gasteiger charge is 2.42. The second-order valence-corrected chi connectivity index (χ2v) is 6.11. The third-order valence-corrected chi connectivity index (χ3v) is 4.98. The number of hydrogen-bond acceptors (Lipinski definition) is 3. The van der Waals surface area contributed by atoms with E-state index in [0.29, 0.717) is 24.0 Å². The maximum atomic E-state index is 6.41. The molecule has 1 aliphatic carbocycles. The number of hydrazine groups is 1. The van der Waals surface area contributed by atoms with Gasteiger partial charge in [0.1, 0.15) is 0 Å². The molecule has 3 heteroatoms.